The fourth-order valence-electron chi connectivity index (χ4n) is 0. The van der Waals surface area contributed by atoms with Crippen molar-refractivity contribution in [3.05, 3.63) is 0 Å². The van der Waals surface area contributed by atoms with Gasteiger partial charge in [0.15, 0.2) is 0 Å². The van der Waals surface area contributed by atoms with Crippen LogP contribution in [0.5, 0.6) is 0 Å². The Labute approximate surface area is 174 Å². The van der Waals surface area contributed by atoms with Gasteiger partial charge in [-0.3, -0.25) is 0 Å². The van der Waals surface area contributed by atoms with E-state index in [0.717, 1.165) is 0 Å². The van der Waals surface area contributed by atoms with E-state index in [0.29, 0.717) is 0 Å². The van der Waals surface area contributed by atoms with Crippen LogP contribution in [0.15, 0.2) is 0 Å². The fourth-order valence-corrected chi connectivity index (χ4v) is 0. The minimum Gasteiger partial charge on any atom is -1.00 e. The predicted octanol–water partition coefficient (Wildman–Crippen LogP) is -18.2. The van der Waals surface area contributed by atoms with Crippen molar-refractivity contribution >= 4 is 66.9 Å². The van der Waals surface area contributed by atoms with Gasteiger partial charge in [-0.2, -0.15) is 0 Å². The molecule has 0 fully saturated rings. The Kier molecular flexibility index (Phi) is 258. The average Bonchev–Trinajstić information content (AvgIpc) is 0.811. The van der Waals surface area contributed by atoms with Crippen LogP contribution in [0.1, 0.15) is 0 Å². The molecular weight excluding hydrogens is 277 g/mol. The normalized spacial score (nSPS) is 2.18. The minimum atomic E-state index is -2.33. The summed E-state index contributed by atoms with van der Waals surface area (Å²) in [6.07, 6.45) is -2.33. The van der Waals surface area contributed by atoms with Gasteiger partial charge >= 0.3 is 120 Å². The first-order valence-electron chi connectivity index (χ1n) is 0.612. The Morgan fingerprint density at radius 1 is 0.909 bits per heavy atom. The van der Waals surface area contributed by atoms with Gasteiger partial charge in [-0.15, -0.1) is 0 Å². The van der Waals surface area contributed by atoms with E-state index in [4.69, 9.17) is 15.0 Å². The second kappa shape index (κ2) is 47.8. The molecule has 0 bridgehead atoms. The van der Waals surface area contributed by atoms with Gasteiger partial charge in [0.2, 0.25) is 0 Å². The van der Waals surface area contributed by atoms with Crippen molar-refractivity contribution in [2.24, 2.45) is 0 Å². The first-order chi connectivity index (χ1) is 1.73. The molecule has 0 aromatic rings. The van der Waals surface area contributed by atoms with Gasteiger partial charge < -0.3 is 52.2 Å². The first kappa shape index (κ1) is 59.3. The Balaban J connectivity index is -0.00000000214. The maximum Gasteiger partial charge on any atom is 2.00 e. The SMILES string of the molecule is O=C([O-])[O-].[Ca+2].[Cl-].[Cl-].[Cl-].[Mg+2].[Na+].[Na+]. The third-order valence-corrected chi connectivity index (χ3v) is 0. The molecule has 48 valence electrons. The maximum atomic E-state index is 8.33. The third-order valence-electron chi connectivity index (χ3n) is 0. The van der Waals surface area contributed by atoms with E-state index < -0.39 is 6.16 Å². The molecule has 0 aromatic heterocycles. The van der Waals surface area contributed by atoms with E-state index in [1.54, 1.807) is 0 Å². The maximum absolute atomic E-state index is 8.33. The monoisotopic (exact) mass is 275 g/mol. The summed E-state index contributed by atoms with van der Waals surface area (Å²) in [6, 6.07) is 0. The van der Waals surface area contributed by atoms with Crippen LogP contribution >= 0.6 is 0 Å². The standard InChI is InChI=1S/CH2O3.Ca.3ClH.Mg.2Na/c2-1(3)4;;;;;;;/h(H2,2,3,4);;3*1H;;;/q;+2;;;;+2;2*+1/p-5. The second-order valence-corrected chi connectivity index (χ2v) is 0.250. The van der Waals surface area contributed by atoms with Crippen molar-refractivity contribution in [2.45, 2.75) is 0 Å². The van der Waals surface area contributed by atoms with Crippen LogP contribution in [-0.2, 0) is 0 Å². The van der Waals surface area contributed by atoms with Gasteiger partial charge in [0.05, 0.1) is 0 Å². The molecule has 0 aliphatic heterocycles. The largest absolute Gasteiger partial charge is 2.00 e. The van der Waals surface area contributed by atoms with Gasteiger partial charge in [0.1, 0.15) is 0 Å². The zero-order valence-corrected chi connectivity index (χ0v) is 16.2. The van der Waals surface area contributed by atoms with E-state index in [9.17, 15) is 0 Å². The van der Waals surface area contributed by atoms with Gasteiger partial charge in [0, 0.05) is 0 Å². The zero-order valence-electron chi connectivity index (χ0n) is 6.27. The Morgan fingerprint density at radius 3 is 0.909 bits per heavy atom. The zero-order chi connectivity index (χ0) is 3.58. The molecule has 0 saturated carbocycles. The molecule has 0 atom stereocenters. The fraction of sp³-hybridized carbons (Fsp3) is 0. The molecule has 0 spiro atoms. The summed E-state index contributed by atoms with van der Waals surface area (Å²) in [7, 11) is 0. The molecule has 0 N–H and O–H groups in total. The molecule has 0 saturated heterocycles. The number of hydrogen-bond donors (Lipinski definition) is 0. The van der Waals surface area contributed by atoms with Crippen LogP contribution in [0, 0.1) is 0 Å². The molecule has 0 radical (unpaired) electrons. The van der Waals surface area contributed by atoms with Crippen molar-refractivity contribution in [1.29, 1.82) is 0 Å². The van der Waals surface area contributed by atoms with Gasteiger partial charge in [-0.05, 0) is 6.16 Å². The summed E-state index contributed by atoms with van der Waals surface area (Å²) in [6.45, 7) is 0. The molecule has 0 amide bonds. The number of carbonyl (C=O) groups excluding carboxylic acids is 1. The Bertz CT molecular complexity index is 49.6. The van der Waals surface area contributed by atoms with E-state index in [-0.39, 0.29) is 157 Å². The Morgan fingerprint density at radius 2 is 0.909 bits per heavy atom. The van der Waals surface area contributed by atoms with E-state index in [2.05, 4.69) is 0 Å². The van der Waals surface area contributed by atoms with Crippen LogP contribution in [0.2, 0.25) is 0 Å². The molecule has 0 heterocycles. The molecule has 0 unspecified atom stereocenters. The van der Waals surface area contributed by atoms with Crippen molar-refractivity contribution < 1.29 is 111 Å². The van der Waals surface area contributed by atoms with Gasteiger partial charge in [-0.1, -0.05) is 0 Å². The van der Waals surface area contributed by atoms with Crippen molar-refractivity contribution in [3.63, 3.8) is 0 Å². The van der Waals surface area contributed by atoms with E-state index >= 15 is 0 Å². The summed E-state index contributed by atoms with van der Waals surface area (Å²) in [5.74, 6) is 0. The van der Waals surface area contributed by atoms with Gasteiger partial charge in [-0.25, -0.2) is 0 Å². The van der Waals surface area contributed by atoms with Gasteiger partial charge in [0.25, 0.3) is 0 Å². The molecule has 0 aromatic carbocycles. The van der Waals surface area contributed by atoms with E-state index in [1.165, 1.54) is 0 Å². The smallest absolute Gasteiger partial charge is 1.00 e. The van der Waals surface area contributed by atoms with Crippen LogP contribution in [0.4, 0.5) is 4.79 Å². The molecular formula is CCaCl3MgNa2O3+. The van der Waals surface area contributed by atoms with Crippen LogP contribution in [0.25, 0.3) is 0 Å². The topological polar surface area (TPSA) is 63.2 Å². The number of rotatable bonds is 0. The summed E-state index contributed by atoms with van der Waals surface area (Å²) in [4.78, 5) is 8.33. The third kappa shape index (κ3) is 121. The summed E-state index contributed by atoms with van der Waals surface area (Å²) >= 11 is 0. The molecule has 10 heteroatoms. The van der Waals surface area contributed by atoms with Crippen LogP contribution in [0.3, 0.4) is 0 Å². The summed E-state index contributed by atoms with van der Waals surface area (Å²) in [5, 5.41) is 16.7. The predicted molar refractivity (Wildman–Crippen MR) is 16.9 cm³/mol. The molecule has 0 aliphatic rings. The van der Waals surface area contributed by atoms with Crippen molar-refractivity contribution in [3.8, 4) is 0 Å². The number of hydrogen-bond acceptors (Lipinski definition) is 3. The van der Waals surface area contributed by atoms with Crippen molar-refractivity contribution in [1.82, 2.24) is 0 Å². The molecule has 11 heavy (non-hydrogen) atoms. The molecule has 3 nitrogen and oxygen atoms in total. The van der Waals surface area contributed by atoms with Crippen LogP contribution < -0.4 is 107 Å². The first-order valence-corrected chi connectivity index (χ1v) is 0.612. The van der Waals surface area contributed by atoms with E-state index in [1.807, 2.05) is 0 Å². The molecule has 0 aliphatic carbocycles. The molecule has 0 rings (SSSR count). The Hall–Kier alpha value is 4.17. The summed E-state index contributed by atoms with van der Waals surface area (Å²) < 4.78 is 0. The summed E-state index contributed by atoms with van der Waals surface area (Å²) in [5.41, 5.74) is 0. The second-order valence-electron chi connectivity index (χ2n) is 0.250. The average molecular weight is 277 g/mol. The number of carboxylic acid groups (broad SMARTS) is 2. The minimum absolute atomic E-state index is 0. The number of carbonyl (C=O) groups is 1. The van der Waals surface area contributed by atoms with Crippen molar-refractivity contribution in [2.75, 3.05) is 0 Å². The number of halogens is 3. The van der Waals surface area contributed by atoms with Crippen LogP contribution in [-0.4, -0.2) is 66.9 Å². The quantitative estimate of drug-likeness (QED) is 0.413.